The van der Waals surface area contributed by atoms with E-state index in [0.717, 1.165) is 11.4 Å². The highest BCUT2D eigenvalue weighted by Gasteiger charge is 1.92. The van der Waals surface area contributed by atoms with E-state index >= 15 is 0 Å². The lowest BCUT2D eigenvalue weighted by molar-refractivity contribution is 1.67. The molecular weight excluding hydrogens is 259 g/mol. The molecule has 0 bridgehead atoms. The standard InChI is InChI=1S/C6H7IN2S/c7-10-9-6-4-2-1-3-5(6)8/h1-4,9H,8H2. The molecule has 0 radical (unpaired) electrons. The zero-order chi connectivity index (χ0) is 7.40. The second-order valence-electron chi connectivity index (χ2n) is 1.77. The number of nitrogens with two attached hydrogens (primary N) is 1. The van der Waals surface area contributed by atoms with Gasteiger partial charge in [0.05, 0.1) is 11.4 Å². The maximum absolute atomic E-state index is 5.63. The number of nitrogen functional groups attached to an aromatic ring is 1. The molecule has 1 aromatic rings. The van der Waals surface area contributed by atoms with Crippen molar-refractivity contribution in [3.05, 3.63) is 24.3 Å². The van der Waals surface area contributed by atoms with Crippen LogP contribution in [-0.4, -0.2) is 0 Å². The Balaban J connectivity index is 2.81. The van der Waals surface area contributed by atoms with Crippen LogP contribution in [0.2, 0.25) is 0 Å². The van der Waals surface area contributed by atoms with Crippen molar-refractivity contribution in [2.45, 2.75) is 0 Å². The number of para-hydroxylation sites is 2. The van der Waals surface area contributed by atoms with Crippen molar-refractivity contribution in [2.24, 2.45) is 0 Å². The van der Waals surface area contributed by atoms with Gasteiger partial charge in [-0.2, -0.15) is 0 Å². The Labute approximate surface area is 76.3 Å². The fraction of sp³-hybridized carbons (Fsp3) is 0. The van der Waals surface area contributed by atoms with E-state index in [0.29, 0.717) is 0 Å². The Bertz CT molecular complexity index is 217. The number of rotatable bonds is 2. The van der Waals surface area contributed by atoms with Crippen molar-refractivity contribution < 1.29 is 0 Å². The van der Waals surface area contributed by atoms with Crippen LogP contribution in [0.1, 0.15) is 0 Å². The summed E-state index contributed by atoms with van der Waals surface area (Å²) < 4.78 is 3.05. The minimum Gasteiger partial charge on any atom is -0.397 e. The van der Waals surface area contributed by atoms with Gasteiger partial charge in [-0.05, 0) is 12.1 Å². The van der Waals surface area contributed by atoms with Crippen LogP contribution in [0.25, 0.3) is 0 Å². The fourth-order valence-corrected chi connectivity index (χ4v) is 1.61. The van der Waals surface area contributed by atoms with E-state index in [4.69, 9.17) is 5.73 Å². The van der Waals surface area contributed by atoms with Crippen molar-refractivity contribution in [3.8, 4) is 0 Å². The Kier molecular flexibility index (Phi) is 3.14. The first-order valence-corrected chi connectivity index (χ1v) is 6.08. The molecule has 0 fully saturated rings. The highest BCUT2D eigenvalue weighted by Crippen LogP contribution is 2.22. The van der Waals surface area contributed by atoms with Gasteiger partial charge in [-0.25, -0.2) is 0 Å². The summed E-state index contributed by atoms with van der Waals surface area (Å²) in [5.74, 6) is 0. The molecule has 0 unspecified atom stereocenters. The largest absolute Gasteiger partial charge is 0.397 e. The Morgan fingerprint density at radius 3 is 2.70 bits per heavy atom. The molecule has 3 N–H and O–H groups in total. The van der Waals surface area contributed by atoms with Crippen molar-refractivity contribution in [1.82, 2.24) is 0 Å². The predicted molar refractivity (Wildman–Crippen MR) is 56.1 cm³/mol. The number of benzene rings is 1. The number of hydrogen-bond donors (Lipinski definition) is 2. The van der Waals surface area contributed by atoms with Crippen LogP contribution in [0.15, 0.2) is 24.3 Å². The summed E-state index contributed by atoms with van der Waals surface area (Å²) in [5.41, 5.74) is 7.39. The molecule has 1 aromatic carbocycles. The third-order valence-corrected chi connectivity index (χ3v) is 2.07. The number of hydrogen-bond acceptors (Lipinski definition) is 3. The lowest BCUT2D eigenvalue weighted by Gasteiger charge is -2.02. The van der Waals surface area contributed by atoms with Gasteiger partial charge in [-0.15, -0.1) is 0 Å². The molecule has 0 atom stereocenters. The van der Waals surface area contributed by atoms with Crippen LogP contribution in [0, 0.1) is 0 Å². The summed E-state index contributed by atoms with van der Waals surface area (Å²) in [4.78, 5) is 0. The van der Waals surface area contributed by atoms with E-state index in [2.05, 4.69) is 25.9 Å². The van der Waals surface area contributed by atoms with Gasteiger partial charge in [0.1, 0.15) is 0 Å². The van der Waals surface area contributed by atoms with Crippen LogP contribution in [0.3, 0.4) is 0 Å². The van der Waals surface area contributed by atoms with Crippen LogP contribution in [-0.2, 0) is 0 Å². The molecule has 0 aromatic heterocycles. The van der Waals surface area contributed by atoms with Gasteiger partial charge in [0.15, 0.2) is 0 Å². The fourth-order valence-electron chi connectivity index (χ4n) is 0.632. The van der Waals surface area contributed by atoms with Gasteiger partial charge in [0, 0.05) is 30.3 Å². The monoisotopic (exact) mass is 266 g/mol. The van der Waals surface area contributed by atoms with Crippen molar-refractivity contribution in [3.63, 3.8) is 0 Å². The molecule has 0 heterocycles. The Hall–Kier alpha value is -0.100. The first-order valence-electron chi connectivity index (χ1n) is 2.72. The third-order valence-electron chi connectivity index (χ3n) is 1.11. The molecule has 0 aliphatic rings. The van der Waals surface area contributed by atoms with Crippen LogP contribution in [0.4, 0.5) is 11.4 Å². The molecule has 0 saturated carbocycles. The molecule has 4 heteroatoms. The number of halogens is 1. The zero-order valence-electron chi connectivity index (χ0n) is 5.17. The molecule has 1 rings (SSSR count). The summed E-state index contributed by atoms with van der Waals surface area (Å²) in [6.07, 6.45) is 0. The molecule has 0 aliphatic carbocycles. The third kappa shape index (κ3) is 1.95. The van der Waals surface area contributed by atoms with E-state index in [-0.39, 0.29) is 0 Å². The zero-order valence-corrected chi connectivity index (χ0v) is 8.15. The van der Waals surface area contributed by atoms with E-state index in [1.165, 1.54) is 9.12 Å². The van der Waals surface area contributed by atoms with Gasteiger partial charge in [-0.3, -0.25) is 0 Å². The summed E-state index contributed by atoms with van der Waals surface area (Å²) >= 11 is 2.16. The maximum atomic E-state index is 5.63. The Morgan fingerprint density at radius 1 is 1.40 bits per heavy atom. The SMILES string of the molecule is Nc1ccccc1NSI. The first kappa shape index (κ1) is 8.00. The van der Waals surface area contributed by atoms with Crippen LogP contribution in [0.5, 0.6) is 0 Å². The normalized spacial score (nSPS) is 9.30. The number of nitrogens with one attached hydrogen (secondary N) is 1. The summed E-state index contributed by atoms with van der Waals surface area (Å²) in [6.45, 7) is 0. The second kappa shape index (κ2) is 3.92. The van der Waals surface area contributed by atoms with Crippen LogP contribution < -0.4 is 10.5 Å². The lowest BCUT2D eigenvalue weighted by Crippen LogP contribution is -1.90. The van der Waals surface area contributed by atoms with E-state index in [1.54, 1.807) is 0 Å². The molecule has 0 saturated heterocycles. The van der Waals surface area contributed by atoms with Gasteiger partial charge >= 0.3 is 0 Å². The Morgan fingerprint density at radius 2 is 2.10 bits per heavy atom. The second-order valence-corrected chi connectivity index (χ2v) is 3.45. The molecule has 54 valence electrons. The topological polar surface area (TPSA) is 38.0 Å². The molecule has 10 heavy (non-hydrogen) atoms. The van der Waals surface area contributed by atoms with Crippen LogP contribution >= 0.6 is 30.3 Å². The first-order chi connectivity index (χ1) is 4.84. The lowest BCUT2D eigenvalue weighted by atomic mass is 10.3. The van der Waals surface area contributed by atoms with Crippen molar-refractivity contribution in [1.29, 1.82) is 0 Å². The van der Waals surface area contributed by atoms with E-state index in [9.17, 15) is 0 Å². The van der Waals surface area contributed by atoms with Gasteiger partial charge in [0.2, 0.25) is 0 Å². The summed E-state index contributed by atoms with van der Waals surface area (Å²) in [6, 6.07) is 7.68. The molecular formula is C6H7IN2S. The quantitative estimate of drug-likeness (QED) is 0.491. The maximum Gasteiger partial charge on any atom is 0.0678 e. The summed E-state index contributed by atoms with van der Waals surface area (Å²) in [7, 11) is 1.51. The van der Waals surface area contributed by atoms with Crippen molar-refractivity contribution in [2.75, 3.05) is 10.5 Å². The summed E-state index contributed by atoms with van der Waals surface area (Å²) in [5, 5.41) is 0. The van der Waals surface area contributed by atoms with Gasteiger partial charge in [-0.1, -0.05) is 12.1 Å². The van der Waals surface area contributed by atoms with Gasteiger partial charge in [0.25, 0.3) is 0 Å². The van der Waals surface area contributed by atoms with E-state index in [1.807, 2.05) is 24.3 Å². The highest BCUT2D eigenvalue weighted by atomic mass is 127. The highest BCUT2D eigenvalue weighted by molar-refractivity contribution is 14.2. The molecule has 2 nitrogen and oxygen atoms in total. The minimum absolute atomic E-state index is 0.784. The molecule has 0 spiro atoms. The van der Waals surface area contributed by atoms with E-state index < -0.39 is 0 Å². The van der Waals surface area contributed by atoms with Gasteiger partial charge < -0.3 is 10.5 Å². The average molecular weight is 266 g/mol. The number of anilines is 2. The molecule has 0 aliphatic heterocycles. The smallest absolute Gasteiger partial charge is 0.0678 e. The predicted octanol–water partition coefficient (Wildman–Crippen LogP) is 2.68. The van der Waals surface area contributed by atoms with Crippen molar-refractivity contribution >= 4 is 41.7 Å². The molecule has 0 amide bonds. The average Bonchev–Trinajstić information content (AvgIpc) is 1.94. The minimum atomic E-state index is 0.784.